The van der Waals surface area contributed by atoms with E-state index in [0.717, 1.165) is 92.0 Å². The first-order valence-electron chi connectivity index (χ1n) is 22.3. The number of imide groups is 2. The van der Waals surface area contributed by atoms with Crippen LogP contribution < -0.4 is 20.9 Å². The summed E-state index contributed by atoms with van der Waals surface area (Å²) in [5, 5.41) is 17.0. The normalized spacial score (nSPS) is 21.0. The lowest BCUT2D eigenvalue weighted by Crippen LogP contribution is -2.54. The van der Waals surface area contributed by atoms with Crippen molar-refractivity contribution < 1.29 is 37.5 Å². The Morgan fingerprint density at radius 3 is 2.34 bits per heavy atom. The van der Waals surface area contributed by atoms with Crippen molar-refractivity contribution in [2.45, 2.75) is 63.2 Å². The summed E-state index contributed by atoms with van der Waals surface area (Å²) in [6.07, 6.45) is 3.14. The molecule has 0 saturated carbocycles. The molecule has 0 radical (unpaired) electrons. The number of nitrogens with zero attached hydrogens (tertiary/aromatic N) is 5. The van der Waals surface area contributed by atoms with Gasteiger partial charge in [0.05, 0.1) is 22.2 Å². The topological polar surface area (TPSA) is 172 Å². The van der Waals surface area contributed by atoms with E-state index in [0.29, 0.717) is 65.6 Å². The highest BCUT2D eigenvalue weighted by Gasteiger charge is 2.45. The predicted octanol–water partition coefficient (Wildman–Crippen LogP) is 5.07. The zero-order chi connectivity index (χ0) is 44.8. The number of nitrogens with one attached hydrogen (secondary N) is 4. The number of carbonyl (C=O) groups excluding carboxylic acids is 5. The van der Waals surface area contributed by atoms with Crippen molar-refractivity contribution in [2.75, 3.05) is 68.0 Å². The van der Waals surface area contributed by atoms with Crippen LogP contribution >= 0.6 is 0 Å². The van der Waals surface area contributed by atoms with Gasteiger partial charge in [-0.1, -0.05) is 12.1 Å². The van der Waals surface area contributed by atoms with E-state index in [4.69, 9.17) is 4.74 Å². The van der Waals surface area contributed by atoms with Gasteiger partial charge < -0.3 is 20.3 Å². The average Bonchev–Trinajstić information content (AvgIpc) is 3.99. The average molecular weight is 886 g/mol. The molecule has 65 heavy (non-hydrogen) atoms. The monoisotopic (exact) mass is 885 g/mol. The second-order valence-electron chi connectivity index (χ2n) is 17.6. The summed E-state index contributed by atoms with van der Waals surface area (Å²) in [5.41, 5.74) is 5.76. The number of hydrogen-bond acceptors (Lipinski definition) is 11. The van der Waals surface area contributed by atoms with Crippen LogP contribution in [-0.4, -0.2) is 125 Å². The van der Waals surface area contributed by atoms with Crippen LogP contribution in [0.4, 0.5) is 26.0 Å². The highest BCUT2D eigenvalue weighted by Crippen LogP contribution is 2.32. The standard InChI is InChI=1S/C48H49F2N9O6/c49-31-20-30(21-32(50)24-31)19-28-2-6-40-39(22-28)44(55-54-40)53-45(61)37-5-3-34(25-41(37)51-33-10-17-65-18-11-33)57-13-15-58(16-14-57)35-9-12-56(27-35)26-29-1-4-36-38(23-29)48(64)59(47(36)63)42-7-8-43(60)52-46(42)62/h1-6,20-25,33,35,42,51H,7-19,26-27H2,(H,52,60,62)(H2,53,54,55,61). The molecule has 5 amide bonds. The number of rotatable bonds is 11. The number of ether oxygens (including phenoxy) is 1. The maximum absolute atomic E-state index is 14.1. The third-order valence-corrected chi connectivity index (χ3v) is 13.4. The van der Waals surface area contributed by atoms with Gasteiger partial charge in [0, 0.05) is 100 Å². The van der Waals surface area contributed by atoms with Crippen molar-refractivity contribution in [2.24, 2.45) is 0 Å². The minimum Gasteiger partial charge on any atom is -0.381 e. The molecule has 0 bridgehead atoms. The summed E-state index contributed by atoms with van der Waals surface area (Å²) >= 11 is 0. The molecule has 6 heterocycles. The number of piperazine rings is 1. The molecule has 2 unspecified atom stereocenters. The quantitative estimate of drug-likeness (QED) is 0.131. The van der Waals surface area contributed by atoms with Crippen molar-refractivity contribution in [3.8, 4) is 0 Å². The Labute approximate surface area is 373 Å². The highest BCUT2D eigenvalue weighted by molar-refractivity contribution is 6.23. The summed E-state index contributed by atoms with van der Waals surface area (Å²) in [6, 6.07) is 19.8. The highest BCUT2D eigenvalue weighted by atomic mass is 19.1. The van der Waals surface area contributed by atoms with E-state index in [2.05, 4.69) is 46.9 Å². The molecule has 1 aromatic heterocycles. The number of aromatic amines is 1. The van der Waals surface area contributed by atoms with Crippen LogP contribution in [0.1, 0.15) is 79.9 Å². The van der Waals surface area contributed by atoms with Gasteiger partial charge in [0.25, 0.3) is 17.7 Å². The number of benzene rings is 4. The number of hydrogen-bond donors (Lipinski definition) is 4. The van der Waals surface area contributed by atoms with E-state index in [1.54, 1.807) is 12.1 Å². The number of H-pyrrole nitrogens is 1. The van der Waals surface area contributed by atoms with Gasteiger partial charge in [0.15, 0.2) is 5.82 Å². The van der Waals surface area contributed by atoms with Crippen LogP contribution in [0.2, 0.25) is 0 Å². The molecule has 5 aromatic rings. The molecule has 5 aliphatic rings. The van der Waals surface area contributed by atoms with Crippen LogP contribution in [0.3, 0.4) is 0 Å². The fraction of sp³-hybridized carbons (Fsp3) is 0.375. The van der Waals surface area contributed by atoms with E-state index in [1.807, 2.05) is 36.4 Å². The van der Waals surface area contributed by atoms with Gasteiger partial charge >= 0.3 is 0 Å². The molecule has 15 nitrogen and oxygen atoms in total. The lowest BCUT2D eigenvalue weighted by molar-refractivity contribution is -0.136. The number of fused-ring (bicyclic) bond motifs is 2. The minimum atomic E-state index is -0.992. The van der Waals surface area contributed by atoms with Gasteiger partial charge in [-0.2, -0.15) is 5.10 Å². The third kappa shape index (κ3) is 8.83. The molecule has 10 rings (SSSR count). The predicted molar refractivity (Wildman–Crippen MR) is 238 cm³/mol. The SMILES string of the molecule is O=C1CCC(N2C(=O)c3ccc(CN4CCC(N5CCN(c6ccc(C(=O)Nc7n[nH]c8ccc(Cc9cc(F)cc(F)c9)cc78)c(NC7CCOCC7)c6)CC5)C4)cc3C2=O)C(=O)N1. The van der Waals surface area contributed by atoms with Crippen LogP contribution in [0, 0.1) is 11.6 Å². The van der Waals surface area contributed by atoms with Gasteiger partial charge in [-0.15, -0.1) is 0 Å². The van der Waals surface area contributed by atoms with Gasteiger partial charge in [0.1, 0.15) is 17.7 Å². The third-order valence-electron chi connectivity index (χ3n) is 13.4. The van der Waals surface area contributed by atoms with Crippen molar-refractivity contribution in [1.29, 1.82) is 0 Å². The van der Waals surface area contributed by atoms with E-state index >= 15 is 0 Å². The Bertz CT molecular complexity index is 2690. The molecule has 4 saturated heterocycles. The van der Waals surface area contributed by atoms with E-state index in [1.165, 1.54) is 12.1 Å². The molecule has 0 spiro atoms. The Morgan fingerprint density at radius 1 is 0.785 bits per heavy atom. The Hall–Kier alpha value is -6.56. The molecule has 17 heteroatoms. The maximum Gasteiger partial charge on any atom is 0.262 e. The Kier molecular flexibility index (Phi) is 11.6. The zero-order valence-corrected chi connectivity index (χ0v) is 35.7. The molecule has 4 fully saturated rings. The molecule has 0 aliphatic carbocycles. The number of carbonyl (C=O) groups is 5. The zero-order valence-electron chi connectivity index (χ0n) is 35.7. The molecule has 2 atom stereocenters. The van der Waals surface area contributed by atoms with Crippen LogP contribution in [-0.2, 0) is 27.3 Å². The molecule has 4 aromatic carbocycles. The molecule has 336 valence electrons. The molecular formula is C48H49F2N9O6. The largest absolute Gasteiger partial charge is 0.381 e. The number of piperidine rings is 1. The first-order valence-corrected chi connectivity index (χ1v) is 22.3. The van der Waals surface area contributed by atoms with Gasteiger partial charge in [0.2, 0.25) is 11.8 Å². The summed E-state index contributed by atoms with van der Waals surface area (Å²) in [4.78, 5) is 73.1. The van der Waals surface area contributed by atoms with Gasteiger partial charge in [-0.05, 0) is 103 Å². The summed E-state index contributed by atoms with van der Waals surface area (Å²) < 4.78 is 33.4. The van der Waals surface area contributed by atoms with Crippen LogP contribution in [0.25, 0.3) is 10.9 Å². The van der Waals surface area contributed by atoms with Gasteiger partial charge in [-0.3, -0.25) is 49.1 Å². The lowest BCUT2D eigenvalue weighted by atomic mass is 10.0. The number of likely N-dealkylation sites (tertiary alicyclic amines) is 1. The maximum atomic E-state index is 14.1. The van der Waals surface area contributed by atoms with Crippen molar-refractivity contribution >= 4 is 57.6 Å². The van der Waals surface area contributed by atoms with E-state index in [9.17, 15) is 32.8 Å². The number of halogens is 2. The molecule has 5 aliphatic heterocycles. The van der Waals surface area contributed by atoms with Crippen LogP contribution in [0.15, 0.2) is 72.8 Å². The number of anilines is 3. The summed E-state index contributed by atoms with van der Waals surface area (Å²) in [6.45, 7) is 7.05. The fourth-order valence-electron chi connectivity index (χ4n) is 9.97. The second-order valence-corrected chi connectivity index (χ2v) is 17.6. The van der Waals surface area contributed by atoms with Crippen LogP contribution in [0.5, 0.6) is 0 Å². The Balaban J connectivity index is 0.777. The van der Waals surface area contributed by atoms with Crippen molar-refractivity contribution in [3.05, 3.63) is 118 Å². The van der Waals surface area contributed by atoms with Crippen molar-refractivity contribution in [3.63, 3.8) is 0 Å². The van der Waals surface area contributed by atoms with E-state index in [-0.39, 0.29) is 30.4 Å². The summed E-state index contributed by atoms with van der Waals surface area (Å²) in [5.74, 6) is -3.26. The fourth-order valence-corrected chi connectivity index (χ4v) is 9.97. The minimum absolute atomic E-state index is 0.0765. The summed E-state index contributed by atoms with van der Waals surface area (Å²) in [7, 11) is 0. The lowest BCUT2D eigenvalue weighted by Gasteiger charge is -2.39. The smallest absolute Gasteiger partial charge is 0.262 e. The van der Waals surface area contributed by atoms with E-state index < -0.39 is 41.3 Å². The number of aromatic nitrogens is 2. The first kappa shape index (κ1) is 42.4. The molecular weight excluding hydrogens is 837 g/mol. The second kappa shape index (κ2) is 17.8. The first-order chi connectivity index (χ1) is 31.5. The van der Waals surface area contributed by atoms with Gasteiger partial charge in [-0.25, -0.2) is 8.78 Å². The Morgan fingerprint density at radius 2 is 1.55 bits per heavy atom. The molecule has 4 N–H and O–H groups in total. The number of amides is 5. The van der Waals surface area contributed by atoms with Crippen molar-refractivity contribution in [1.82, 2.24) is 30.2 Å².